The molecule has 0 fully saturated rings. The largest absolute Gasteiger partial charge is 0.495 e. The second-order valence-electron chi connectivity index (χ2n) is 7.05. The molecule has 3 aromatic carbocycles. The van der Waals surface area contributed by atoms with Crippen molar-refractivity contribution in [3.05, 3.63) is 98.6 Å². The third-order valence-corrected chi connectivity index (χ3v) is 5.50. The number of benzene rings is 3. The Bertz CT molecular complexity index is 1270. The Kier molecular flexibility index (Phi) is 5.80. The lowest BCUT2D eigenvalue weighted by Crippen LogP contribution is -2.44. The highest BCUT2D eigenvalue weighted by atomic mass is 35.5. The first-order valence-corrected chi connectivity index (χ1v) is 10.1. The monoisotopic (exact) mass is 465 g/mol. The number of hydrogen-bond acceptors (Lipinski definition) is 6. The number of nitro groups is 1. The third-order valence-electron chi connectivity index (χ3n) is 5.17. The lowest BCUT2D eigenvalue weighted by molar-refractivity contribution is -0.384. The summed E-state index contributed by atoms with van der Waals surface area (Å²) < 4.78 is 5.36. The van der Waals surface area contributed by atoms with E-state index in [1.54, 1.807) is 36.4 Å². The van der Waals surface area contributed by atoms with Crippen LogP contribution in [0.25, 0.3) is 0 Å². The number of carbonyl (C=O) groups is 3. The molecule has 4 rings (SSSR count). The molecule has 0 saturated heterocycles. The van der Waals surface area contributed by atoms with Crippen molar-refractivity contribution in [2.45, 2.75) is 0 Å². The van der Waals surface area contributed by atoms with Gasteiger partial charge in [-0.05, 0) is 30.3 Å². The Morgan fingerprint density at radius 1 is 1.03 bits per heavy atom. The fourth-order valence-corrected chi connectivity index (χ4v) is 3.75. The van der Waals surface area contributed by atoms with Gasteiger partial charge >= 0.3 is 0 Å². The summed E-state index contributed by atoms with van der Waals surface area (Å²) in [6.45, 7) is -0.454. The summed E-state index contributed by atoms with van der Waals surface area (Å²) >= 11 is 6.20. The third kappa shape index (κ3) is 3.90. The van der Waals surface area contributed by atoms with Crippen LogP contribution in [0.2, 0.25) is 5.02 Å². The number of non-ortho nitro benzene ring substituents is 1. The van der Waals surface area contributed by atoms with E-state index >= 15 is 0 Å². The highest BCUT2D eigenvalue weighted by molar-refractivity contribution is 6.34. The van der Waals surface area contributed by atoms with Crippen LogP contribution < -0.4 is 9.64 Å². The van der Waals surface area contributed by atoms with Gasteiger partial charge in [0.1, 0.15) is 12.4 Å². The van der Waals surface area contributed by atoms with Gasteiger partial charge in [-0.2, -0.15) is 0 Å². The molecule has 3 aromatic rings. The minimum Gasteiger partial charge on any atom is -0.495 e. The maximum atomic E-state index is 13.6. The Morgan fingerprint density at radius 2 is 1.64 bits per heavy atom. The van der Waals surface area contributed by atoms with Crippen LogP contribution in [-0.4, -0.2) is 41.3 Å². The van der Waals surface area contributed by atoms with Gasteiger partial charge in [-0.15, -0.1) is 0 Å². The maximum absolute atomic E-state index is 13.6. The average molecular weight is 466 g/mol. The lowest BCUT2D eigenvalue weighted by atomic mass is 10.1. The molecule has 1 heterocycles. The van der Waals surface area contributed by atoms with E-state index in [1.165, 1.54) is 31.4 Å². The normalized spacial score (nSPS) is 12.5. The van der Waals surface area contributed by atoms with Gasteiger partial charge in [-0.25, -0.2) is 0 Å². The predicted molar refractivity (Wildman–Crippen MR) is 120 cm³/mol. The SMILES string of the molecule is COc1ccccc1N(CN1C(=O)c2ccccc2C1=O)C(=O)c1cc([N+](=O)[O-])ccc1Cl. The molecule has 1 aliphatic rings. The van der Waals surface area contributed by atoms with E-state index in [2.05, 4.69) is 0 Å². The van der Waals surface area contributed by atoms with Gasteiger partial charge in [0, 0.05) is 12.1 Å². The fourth-order valence-electron chi connectivity index (χ4n) is 3.55. The lowest BCUT2D eigenvalue weighted by Gasteiger charge is -2.28. The van der Waals surface area contributed by atoms with E-state index in [4.69, 9.17) is 16.3 Å². The van der Waals surface area contributed by atoms with Crippen molar-refractivity contribution in [2.75, 3.05) is 18.7 Å². The Hall–Kier alpha value is -4.24. The Labute approximate surface area is 192 Å². The number of rotatable bonds is 6. The molecule has 1 aliphatic heterocycles. The van der Waals surface area contributed by atoms with Gasteiger partial charge in [0.15, 0.2) is 0 Å². The highest BCUT2D eigenvalue weighted by Gasteiger charge is 2.38. The molecular weight excluding hydrogens is 450 g/mol. The minimum atomic E-state index is -0.746. The van der Waals surface area contributed by atoms with E-state index in [0.29, 0.717) is 5.75 Å². The zero-order chi connectivity index (χ0) is 23.7. The van der Waals surface area contributed by atoms with Crippen LogP contribution in [0.5, 0.6) is 5.75 Å². The second kappa shape index (κ2) is 8.71. The van der Waals surface area contributed by atoms with Crippen LogP contribution in [0.15, 0.2) is 66.7 Å². The van der Waals surface area contributed by atoms with Crippen LogP contribution in [-0.2, 0) is 0 Å². The molecule has 3 amide bonds. The number of hydrogen-bond donors (Lipinski definition) is 0. The quantitative estimate of drug-likeness (QED) is 0.307. The van der Waals surface area contributed by atoms with Gasteiger partial charge in [0.25, 0.3) is 23.4 Å². The smallest absolute Gasteiger partial charge is 0.270 e. The molecule has 0 spiro atoms. The predicted octanol–water partition coefficient (Wildman–Crippen LogP) is 4.16. The molecule has 10 heteroatoms. The zero-order valence-electron chi connectivity index (χ0n) is 17.2. The van der Waals surface area contributed by atoms with Gasteiger partial charge in [-0.3, -0.25) is 34.3 Å². The average Bonchev–Trinajstić information content (AvgIpc) is 3.07. The molecule has 0 N–H and O–H groups in total. The molecular formula is C23H16ClN3O6. The van der Waals surface area contributed by atoms with Crippen molar-refractivity contribution in [3.63, 3.8) is 0 Å². The van der Waals surface area contributed by atoms with Gasteiger partial charge in [0.05, 0.1) is 39.4 Å². The number of fused-ring (bicyclic) bond motifs is 1. The fraction of sp³-hybridized carbons (Fsp3) is 0.0870. The van der Waals surface area contributed by atoms with Crippen molar-refractivity contribution >= 4 is 40.7 Å². The molecule has 0 bridgehead atoms. The van der Waals surface area contributed by atoms with E-state index in [-0.39, 0.29) is 33.1 Å². The van der Waals surface area contributed by atoms with Crippen LogP contribution in [0.4, 0.5) is 11.4 Å². The molecule has 0 radical (unpaired) electrons. The maximum Gasteiger partial charge on any atom is 0.270 e. The summed E-state index contributed by atoms with van der Waals surface area (Å²) in [5, 5.41) is 11.2. The van der Waals surface area contributed by atoms with Gasteiger partial charge in [0.2, 0.25) is 0 Å². The summed E-state index contributed by atoms with van der Waals surface area (Å²) in [5.41, 5.74) is 0.215. The number of anilines is 1. The summed E-state index contributed by atoms with van der Waals surface area (Å²) in [7, 11) is 1.41. The summed E-state index contributed by atoms with van der Waals surface area (Å²) in [5.74, 6) is -1.57. The molecule has 0 saturated carbocycles. The van der Waals surface area contributed by atoms with Gasteiger partial charge in [-0.1, -0.05) is 35.9 Å². The van der Waals surface area contributed by atoms with E-state index in [1.807, 2.05) is 0 Å². The van der Waals surface area contributed by atoms with Crippen LogP contribution in [0.3, 0.4) is 0 Å². The molecule has 0 atom stereocenters. The van der Waals surface area contributed by atoms with E-state index < -0.39 is 29.3 Å². The van der Waals surface area contributed by atoms with Crippen molar-refractivity contribution in [1.82, 2.24) is 4.90 Å². The molecule has 33 heavy (non-hydrogen) atoms. The Balaban J connectivity index is 1.80. The summed E-state index contributed by atoms with van der Waals surface area (Å²) in [6, 6.07) is 16.3. The molecule has 0 aliphatic carbocycles. The zero-order valence-corrected chi connectivity index (χ0v) is 18.0. The van der Waals surface area contributed by atoms with Gasteiger partial charge < -0.3 is 4.74 Å². The van der Waals surface area contributed by atoms with Crippen LogP contribution in [0.1, 0.15) is 31.1 Å². The van der Waals surface area contributed by atoms with Crippen molar-refractivity contribution in [3.8, 4) is 5.75 Å². The first kappa shape index (κ1) is 22.0. The second-order valence-corrected chi connectivity index (χ2v) is 7.46. The first-order valence-electron chi connectivity index (χ1n) is 9.67. The van der Waals surface area contributed by atoms with E-state index in [9.17, 15) is 24.5 Å². The number of imide groups is 1. The van der Waals surface area contributed by atoms with E-state index in [0.717, 1.165) is 15.9 Å². The summed E-state index contributed by atoms with van der Waals surface area (Å²) in [6.07, 6.45) is 0. The molecule has 0 aromatic heterocycles. The number of amides is 3. The minimum absolute atomic E-state index is 0.0205. The molecule has 9 nitrogen and oxygen atoms in total. The van der Waals surface area contributed by atoms with Crippen molar-refractivity contribution in [1.29, 1.82) is 0 Å². The number of ether oxygens (including phenoxy) is 1. The highest BCUT2D eigenvalue weighted by Crippen LogP contribution is 2.33. The Morgan fingerprint density at radius 3 is 2.24 bits per heavy atom. The number of nitrogens with zero attached hydrogens (tertiary/aromatic N) is 3. The van der Waals surface area contributed by atoms with Crippen LogP contribution in [0, 0.1) is 10.1 Å². The number of carbonyl (C=O) groups excluding carboxylic acids is 3. The standard InChI is InChI=1S/C23H16ClN3O6/c1-33-20-9-5-4-8-19(20)25(23(30)17-12-14(27(31)32)10-11-18(17)24)13-26-21(28)15-6-2-3-7-16(15)22(26)29/h2-12H,13H2,1H3. The number of nitro benzene ring substituents is 1. The van der Waals surface area contributed by atoms with Crippen molar-refractivity contribution in [2.24, 2.45) is 0 Å². The molecule has 166 valence electrons. The number of methoxy groups -OCH3 is 1. The first-order chi connectivity index (χ1) is 15.8. The molecule has 0 unspecified atom stereocenters. The topological polar surface area (TPSA) is 110 Å². The van der Waals surface area contributed by atoms with Crippen LogP contribution >= 0.6 is 11.6 Å². The number of halogens is 1. The summed E-state index contributed by atoms with van der Waals surface area (Å²) in [4.78, 5) is 52.1. The number of para-hydroxylation sites is 2. The van der Waals surface area contributed by atoms with Crippen molar-refractivity contribution < 1.29 is 24.0 Å².